The normalized spacial score (nSPS) is 14.7. The molecule has 8 heteroatoms. The zero-order valence-corrected chi connectivity index (χ0v) is 11.9. The molecule has 0 amide bonds. The van der Waals surface area contributed by atoms with Gasteiger partial charge < -0.3 is 5.53 Å². The van der Waals surface area contributed by atoms with Crippen molar-refractivity contribution >= 4 is 11.5 Å². The van der Waals surface area contributed by atoms with Crippen LogP contribution in [0, 0.1) is 13.1 Å². The smallest absolute Gasteiger partial charge is 0.361 e. The molecule has 1 heterocycles. The first-order valence-corrected chi connectivity index (χ1v) is 4.75. The molecule has 0 aliphatic carbocycles. The van der Waals surface area contributed by atoms with Crippen LogP contribution in [0.3, 0.4) is 0 Å². The summed E-state index contributed by atoms with van der Waals surface area (Å²) in [6.45, 7) is 1.91. The molecule has 83 valence electrons. The summed E-state index contributed by atoms with van der Waals surface area (Å²) in [6, 6.07) is 6.83. The molecule has 0 N–H and O–H groups in total. The van der Waals surface area contributed by atoms with Crippen molar-refractivity contribution in [1.29, 1.82) is 0 Å². The number of hydrogen-bond acceptors (Lipinski definition) is 1. The molecule has 2 rings (SSSR count). The van der Waals surface area contributed by atoms with Gasteiger partial charge in [-0.15, -0.1) is 0 Å². The molecule has 1 saturated heterocycles. The van der Waals surface area contributed by atoms with Crippen molar-refractivity contribution < 1.29 is 39.1 Å². The Kier molecular flexibility index (Phi) is 5.80. The van der Waals surface area contributed by atoms with Gasteiger partial charge in [-0.3, -0.25) is 4.79 Å². The minimum absolute atomic E-state index is 0. The van der Waals surface area contributed by atoms with Gasteiger partial charge in [0.15, 0.2) is 0 Å². The molecule has 5 radical (unpaired) electrons. The molecule has 0 atom stereocenters. The summed E-state index contributed by atoms with van der Waals surface area (Å²) in [7, 11) is 0. The first-order chi connectivity index (χ1) is 8.22. The number of Topliss-reactive ketones (excluding diaryl/α,β-unsaturated/α-hetero) is 1. The third kappa shape index (κ3) is 3.32. The van der Waals surface area contributed by atoms with E-state index in [2.05, 4.69) is 26.7 Å². The van der Waals surface area contributed by atoms with E-state index in [1.807, 2.05) is 6.92 Å². The second-order valence-corrected chi connectivity index (χ2v) is 3.35. The second-order valence-electron chi connectivity index (χ2n) is 3.35. The molecular weight excluding hydrogens is 243 g/mol. The fourth-order valence-electron chi connectivity index (χ4n) is 1.27. The van der Waals surface area contributed by atoms with Gasteiger partial charge in [-0.05, 0) is 18.0 Å². The van der Waals surface area contributed by atoms with E-state index in [0.717, 1.165) is 5.56 Å². The van der Waals surface area contributed by atoms with Crippen LogP contribution < -0.4 is 51.5 Å². The van der Waals surface area contributed by atoms with Gasteiger partial charge in [0.2, 0.25) is 0 Å². The summed E-state index contributed by atoms with van der Waals surface area (Å²) in [5.41, 5.74) is 23.3. The number of carbonyl (C=O) groups is 1. The van der Waals surface area contributed by atoms with Crippen LogP contribution in [0.4, 0.5) is 0 Å². The second kappa shape index (κ2) is 6.89. The Hall–Kier alpha value is -0.890. The van der Waals surface area contributed by atoms with Gasteiger partial charge in [-0.1, -0.05) is 40.7 Å². The number of rotatable bonds is 3. The Morgan fingerprint density at radius 1 is 1.17 bits per heavy atom. The number of nitrogens with zero attached hydrogens (tertiary/aromatic N) is 6. The van der Waals surface area contributed by atoms with Gasteiger partial charge in [-0.25, -0.2) is 0 Å². The molecule has 1 aliphatic heterocycles. The van der Waals surface area contributed by atoms with Crippen LogP contribution in [-0.2, 0) is 0 Å². The monoisotopic (exact) mass is 250 g/mol. The summed E-state index contributed by atoms with van der Waals surface area (Å²) in [5, 5.41) is 0. The van der Waals surface area contributed by atoms with Crippen LogP contribution in [-0.4, -0.2) is 16.3 Å². The van der Waals surface area contributed by atoms with Crippen LogP contribution in [0.1, 0.15) is 15.9 Å². The molecule has 0 bridgehead atoms. The van der Waals surface area contributed by atoms with Crippen molar-refractivity contribution in [3.05, 3.63) is 47.1 Å². The van der Waals surface area contributed by atoms with Crippen molar-refractivity contribution in [3.63, 3.8) is 0 Å². The van der Waals surface area contributed by atoms with E-state index >= 15 is 0 Å². The summed E-state index contributed by atoms with van der Waals surface area (Å²) >= 11 is 0. The molecule has 0 aromatic heterocycles. The van der Waals surface area contributed by atoms with Gasteiger partial charge in [0.25, 0.3) is 11.9 Å². The predicted molar refractivity (Wildman–Crippen MR) is 55.9 cm³/mol. The van der Waals surface area contributed by atoms with Crippen LogP contribution in [0.2, 0.25) is 0 Å². The van der Waals surface area contributed by atoms with Crippen LogP contribution in [0.25, 0.3) is 5.53 Å². The van der Waals surface area contributed by atoms with E-state index in [1.165, 1.54) is 0 Å². The minimum Gasteiger partial charge on any atom is -0.361 e. The van der Waals surface area contributed by atoms with Crippen LogP contribution >= 0.6 is 0 Å². The van der Waals surface area contributed by atoms with Crippen molar-refractivity contribution in [3.8, 4) is 0 Å². The van der Waals surface area contributed by atoms with Gasteiger partial charge in [-0.2, -0.15) is 4.79 Å². The first kappa shape index (κ1) is 15.2. The van der Waals surface area contributed by atoms with Gasteiger partial charge in [0.1, 0.15) is 0 Å². The number of ketones is 1. The van der Waals surface area contributed by atoms with Crippen molar-refractivity contribution in [2.75, 3.05) is 0 Å². The maximum atomic E-state index is 12.0. The molecule has 18 heavy (non-hydrogen) atoms. The topological polar surface area (TPSA) is 110 Å². The molecule has 1 aromatic carbocycles. The van der Waals surface area contributed by atoms with Gasteiger partial charge in [0.05, 0.1) is 0 Å². The fraction of sp³-hybridized carbons (Fsp3) is 0.100. The van der Waals surface area contributed by atoms with E-state index < -0.39 is 5.78 Å². The summed E-state index contributed by atoms with van der Waals surface area (Å²) in [6.07, 6.45) is -0.0990. The summed E-state index contributed by atoms with van der Waals surface area (Å²) in [4.78, 5) is 14.9. The average molecular weight is 250 g/mol. The van der Waals surface area contributed by atoms with Crippen LogP contribution in [0.5, 0.6) is 0 Å². The van der Waals surface area contributed by atoms with Crippen molar-refractivity contribution in [1.82, 2.24) is 21.9 Å². The third-order valence-corrected chi connectivity index (χ3v) is 2.16. The Bertz CT molecular complexity index is 476. The number of carbonyl (C=O) groups excluding carboxylic acids is 1. The average Bonchev–Trinajstić information content (AvgIpc) is 2.84. The molecule has 1 fully saturated rings. The quantitative estimate of drug-likeness (QED) is 0.179. The molecular formula is C10H7N6NaO+. The van der Waals surface area contributed by atoms with Crippen molar-refractivity contribution in [2.45, 2.75) is 6.92 Å². The SMILES string of the molecule is Cc1ccc(C(=O)C(=[N+]=[N-])[C]2[N][N][N][N]2)cc1.[Na+]. The molecule has 1 aliphatic rings. The van der Waals surface area contributed by atoms with E-state index in [1.54, 1.807) is 24.3 Å². The Morgan fingerprint density at radius 3 is 2.22 bits per heavy atom. The molecule has 1 aromatic rings. The fourth-order valence-corrected chi connectivity index (χ4v) is 1.27. The van der Waals surface area contributed by atoms with Crippen LogP contribution in [0.15, 0.2) is 24.3 Å². The standard InChI is InChI=1S/C10H7N6O.Na/c1-6-2-4-7(5-3-6)9(17)8(12-11)10-13-15-16-14-10;/h2-5H,1H3;/q;+1. The molecule has 0 unspecified atom stereocenters. The van der Waals surface area contributed by atoms with E-state index in [4.69, 9.17) is 5.53 Å². The number of hydrogen-bond donors (Lipinski definition) is 0. The molecule has 0 spiro atoms. The molecule has 7 nitrogen and oxygen atoms in total. The Labute approximate surface area is 126 Å². The predicted octanol–water partition coefficient (Wildman–Crippen LogP) is -3.48. The van der Waals surface area contributed by atoms with Crippen molar-refractivity contribution in [2.24, 2.45) is 0 Å². The molecule has 0 saturated carbocycles. The number of aryl methyl sites for hydroxylation is 1. The largest absolute Gasteiger partial charge is 1.00 e. The summed E-state index contributed by atoms with van der Waals surface area (Å²) < 4.78 is 0. The Balaban J connectivity index is 0.00000162. The Morgan fingerprint density at radius 2 is 1.72 bits per heavy atom. The van der Waals surface area contributed by atoms with Gasteiger partial charge in [0, 0.05) is 5.56 Å². The maximum Gasteiger partial charge on any atom is 1.00 e. The maximum absolute atomic E-state index is 12.0. The third-order valence-electron chi connectivity index (χ3n) is 2.16. The van der Waals surface area contributed by atoms with E-state index in [0.29, 0.717) is 5.56 Å². The summed E-state index contributed by atoms with van der Waals surface area (Å²) in [5.74, 6) is -0.484. The van der Waals surface area contributed by atoms with E-state index in [9.17, 15) is 4.79 Å². The zero-order valence-electron chi connectivity index (χ0n) is 9.90. The van der Waals surface area contributed by atoms with Gasteiger partial charge >= 0.3 is 35.3 Å². The minimum atomic E-state index is -0.484. The number of benzene rings is 1. The van der Waals surface area contributed by atoms with E-state index in [-0.39, 0.29) is 41.4 Å². The first-order valence-electron chi connectivity index (χ1n) is 4.75. The zero-order chi connectivity index (χ0) is 12.3.